The van der Waals surface area contributed by atoms with Gasteiger partial charge in [0, 0.05) is 33.6 Å². The van der Waals surface area contributed by atoms with E-state index < -0.39 is 5.66 Å². The summed E-state index contributed by atoms with van der Waals surface area (Å²) in [5.74, 6) is 1.62. The van der Waals surface area contributed by atoms with E-state index in [0.717, 1.165) is 38.8 Å². The number of aromatic nitrogens is 1. The Kier molecular flexibility index (Phi) is 7.73. The van der Waals surface area contributed by atoms with E-state index in [1.807, 2.05) is 12.1 Å². The van der Waals surface area contributed by atoms with Gasteiger partial charge in [0.1, 0.15) is 5.84 Å². The second-order valence-electron chi connectivity index (χ2n) is 15.8. The Balaban J connectivity index is 1.13. The van der Waals surface area contributed by atoms with Crippen molar-refractivity contribution in [3.8, 4) is 22.3 Å². The first kappa shape index (κ1) is 34.0. The Bertz CT molecular complexity index is 3000. The molecule has 278 valence electrons. The predicted molar refractivity (Wildman–Crippen MR) is 241 cm³/mol. The molecule has 3 heterocycles. The highest BCUT2D eigenvalue weighted by molar-refractivity contribution is 6.18. The van der Waals surface area contributed by atoms with Crippen molar-refractivity contribution in [1.29, 1.82) is 0 Å². The number of fused-ring (bicyclic) bond motifs is 6. The molecule has 1 N–H and O–H groups in total. The Hall–Kier alpha value is -7.24. The molecule has 7 aromatic carbocycles. The van der Waals surface area contributed by atoms with E-state index in [-0.39, 0.29) is 11.5 Å². The first-order chi connectivity index (χ1) is 28.5. The molecule has 0 saturated carbocycles. The number of hydrogen-bond acceptors (Lipinski definition) is 4. The number of anilines is 2. The fraction of sp³-hybridized carbons (Fsp3) is 0.0943. The molecule has 0 radical (unpaired) electrons. The minimum atomic E-state index is -0.749. The number of para-hydroxylation sites is 2. The minimum Gasteiger partial charge on any atom is -0.342 e. The van der Waals surface area contributed by atoms with Crippen molar-refractivity contribution in [3.63, 3.8) is 0 Å². The number of aliphatic imine (C=N–C) groups is 2. The fourth-order valence-electron chi connectivity index (χ4n) is 9.45. The lowest BCUT2D eigenvalue weighted by Gasteiger charge is -2.39. The molecule has 1 aliphatic carbocycles. The first-order valence-electron chi connectivity index (χ1n) is 20.0. The molecule has 5 heteroatoms. The van der Waals surface area contributed by atoms with Crippen LogP contribution in [0, 0.1) is 0 Å². The highest BCUT2D eigenvalue weighted by Gasteiger charge is 2.47. The Labute approximate surface area is 338 Å². The maximum atomic E-state index is 5.42. The lowest BCUT2D eigenvalue weighted by Crippen LogP contribution is -2.47. The first-order valence-corrected chi connectivity index (χ1v) is 20.0. The van der Waals surface area contributed by atoms with Crippen LogP contribution < -0.4 is 10.2 Å². The second-order valence-corrected chi connectivity index (χ2v) is 15.8. The van der Waals surface area contributed by atoms with Crippen LogP contribution in [0.2, 0.25) is 0 Å². The van der Waals surface area contributed by atoms with Crippen LogP contribution in [-0.2, 0) is 5.66 Å². The van der Waals surface area contributed by atoms with Crippen LogP contribution in [0.15, 0.2) is 210 Å². The van der Waals surface area contributed by atoms with Gasteiger partial charge in [-0.25, -0.2) is 4.99 Å². The molecule has 0 saturated heterocycles. The number of allylic oxidation sites excluding steroid dienone is 2. The molecular weight excluding hydrogens is 707 g/mol. The van der Waals surface area contributed by atoms with Gasteiger partial charge in [0.25, 0.3) is 0 Å². The van der Waals surface area contributed by atoms with Crippen LogP contribution in [0.4, 0.5) is 11.4 Å². The second kappa shape index (κ2) is 13.2. The van der Waals surface area contributed by atoms with Gasteiger partial charge < -0.3 is 10.2 Å². The minimum absolute atomic E-state index is 0.190. The summed E-state index contributed by atoms with van der Waals surface area (Å²) < 4.78 is 2.24. The number of amidine groups is 1. The molecule has 0 spiro atoms. The molecule has 58 heavy (non-hydrogen) atoms. The van der Waals surface area contributed by atoms with Gasteiger partial charge >= 0.3 is 0 Å². The van der Waals surface area contributed by atoms with Crippen molar-refractivity contribution in [2.75, 3.05) is 4.90 Å². The zero-order chi connectivity index (χ0) is 38.8. The van der Waals surface area contributed by atoms with Crippen LogP contribution in [0.25, 0.3) is 44.1 Å². The van der Waals surface area contributed by atoms with Crippen molar-refractivity contribution < 1.29 is 0 Å². The summed E-state index contributed by atoms with van der Waals surface area (Å²) in [6.45, 7) is 4.50. The highest BCUT2D eigenvalue weighted by Crippen LogP contribution is 2.56. The van der Waals surface area contributed by atoms with Crippen LogP contribution >= 0.6 is 0 Å². The van der Waals surface area contributed by atoms with Crippen LogP contribution in [0.3, 0.4) is 0 Å². The van der Waals surface area contributed by atoms with Crippen molar-refractivity contribution in [3.05, 3.63) is 217 Å². The molecule has 3 unspecified atom stereocenters. The molecule has 1 aromatic heterocycles. The zero-order valence-electron chi connectivity index (χ0n) is 32.4. The molecule has 0 bridgehead atoms. The maximum Gasteiger partial charge on any atom is 0.234 e. The quantitative estimate of drug-likeness (QED) is 0.191. The summed E-state index contributed by atoms with van der Waals surface area (Å²) in [7, 11) is 0. The predicted octanol–water partition coefficient (Wildman–Crippen LogP) is 12.4. The van der Waals surface area contributed by atoms with Gasteiger partial charge in [0.2, 0.25) is 5.96 Å². The lowest BCUT2D eigenvalue weighted by molar-refractivity contribution is 0.452. The SMILES string of the molecule is CC1(c2ccccc2)N=C(n2c3ccccc3c3cc(-c4cc5c(cc4-c4ccccc4)N(c4ccccc4)C4(C)C=CC=CC54)ccc32)N=C(c2ccccc2)N1. The Morgan fingerprint density at radius 1 is 0.569 bits per heavy atom. The van der Waals surface area contributed by atoms with Crippen LogP contribution in [0.5, 0.6) is 0 Å². The summed E-state index contributed by atoms with van der Waals surface area (Å²) in [6.07, 6.45) is 9.14. The van der Waals surface area contributed by atoms with E-state index in [0.29, 0.717) is 5.96 Å². The maximum absolute atomic E-state index is 5.42. The molecule has 11 rings (SSSR count). The average molecular weight is 748 g/mol. The summed E-state index contributed by atoms with van der Waals surface area (Å²) in [6, 6.07) is 62.9. The average Bonchev–Trinajstić information content (AvgIpc) is 3.75. The normalized spacial score (nSPS) is 20.7. The summed E-state index contributed by atoms with van der Waals surface area (Å²) >= 11 is 0. The van der Waals surface area contributed by atoms with E-state index in [2.05, 4.69) is 217 Å². The third kappa shape index (κ3) is 5.31. The number of benzene rings is 7. The van der Waals surface area contributed by atoms with Crippen LogP contribution in [-0.4, -0.2) is 21.9 Å². The monoisotopic (exact) mass is 747 g/mol. The van der Waals surface area contributed by atoms with Gasteiger partial charge in [-0.1, -0.05) is 158 Å². The Morgan fingerprint density at radius 2 is 1.21 bits per heavy atom. The third-order valence-electron chi connectivity index (χ3n) is 12.3. The number of nitrogens with one attached hydrogen (secondary N) is 1. The fourth-order valence-corrected chi connectivity index (χ4v) is 9.45. The molecule has 5 nitrogen and oxygen atoms in total. The molecule has 3 atom stereocenters. The standard InChI is InChI=1S/C53H41N5/c1-52-32-18-17-28-46(52)45-34-42(43(36-19-7-3-8-20-36)35-49(45)58(52)40-25-13-6-14-26-40)38-30-31-48-44(33-38)41-27-15-16-29-47(41)57(48)51-54-50(37-21-9-4-10-22-37)55-53(2,56-51)39-23-11-5-12-24-39/h3-35,46H,1-2H3,(H,54,55,56). The van der Waals surface area contributed by atoms with Crippen molar-refractivity contribution in [1.82, 2.24) is 9.88 Å². The topological polar surface area (TPSA) is 44.9 Å². The largest absolute Gasteiger partial charge is 0.342 e. The van der Waals surface area contributed by atoms with E-state index >= 15 is 0 Å². The molecule has 2 aliphatic heterocycles. The van der Waals surface area contributed by atoms with Crippen molar-refractivity contribution in [2.45, 2.75) is 31.0 Å². The third-order valence-corrected chi connectivity index (χ3v) is 12.3. The van der Waals surface area contributed by atoms with Gasteiger partial charge in [0.05, 0.1) is 16.6 Å². The lowest BCUT2D eigenvalue weighted by atomic mass is 9.79. The number of hydrogen-bond donors (Lipinski definition) is 1. The van der Waals surface area contributed by atoms with Crippen molar-refractivity contribution >= 4 is 45.0 Å². The van der Waals surface area contributed by atoms with Crippen LogP contribution in [0.1, 0.15) is 36.5 Å². The molecular formula is C53H41N5. The van der Waals surface area contributed by atoms with Gasteiger partial charge in [-0.3, -0.25) is 4.57 Å². The molecule has 0 fully saturated rings. The summed E-state index contributed by atoms with van der Waals surface area (Å²) in [4.78, 5) is 13.2. The summed E-state index contributed by atoms with van der Waals surface area (Å²) in [5.41, 5.74) is 11.7. The Morgan fingerprint density at radius 3 is 1.97 bits per heavy atom. The summed E-state index contributed by atoms with van der Waals surface area (Å²) in [5, 5.41) is 6.01. The smallest absolute Gasteiger partial charge is 0.234 e. The number of nitrogens with zero attached hydrogens (tertiary/aromatic N) is 4. The van der Waals surface area contributed by atoms with Crippen molar-refractivity contribution in [2.24, 2.45) is 9.98 Å². The molecule has 3 aliphatic rings. The molecule has 0 amide bonds. The van der Waals surface area contributed by atoms with E-state index in [9.17, 15) is 0 Å². The highest BCUT2D eigenvalue weighted by atomic mass is 15.3. The zero-order valence-corrected chi connectivity index (χ0v) is 32.4. The van der Waals surface area contributed by atoms with Gasteiger partial charge in [-0.15, -0.1) is 0 Å². The number of rotatable bonds is 5. The van der Waals surface area contributed by atoms with Gasteiger partial charge in [0.15, 0.2) is 5.66 Å². The van der Waals surface area contributed by atoms with Gasteiger partial charge in [-0.2, -0.15) is 4.99 Å². The van der Waals surface area contributed by atoms with Gasteiger partial charge in [-0.05, 0) is 89.7 Å². The van der Waals surface area contributed by atoms with E-state index in [1.165, 1.54) is 39.2 Å². The van der Waals surface area contributed by atoms with E-state index in [4.69, 9.17) is 9.98 Å². The molecule has 8 aromatic rings. The van der Waals surface area contributed by atoms with E-state index in [1.54, 1.807) is 0 Å².